The number of carbonyl (C=O) groups excluding carboxylic acids is 1. The van der Waals surface area contributed by atoms with Gasteiger partial charge in [0.05, 0.1) is 12.6 Å². The van der Waals surface area contributed by atoms with E-state index in [-0.39, 0.29) is 24.4 Å². The first-order valence-corrected chi connectivity index (χ1v) is 8.46. The summed E-state index contributed by atoms with van der Waals surface area (Å²) in [4.78, 5) is 12.3. The minimum atomic E-state index is -0.149. The normalized spacial score (nSPS) is 11.3. The van der Waals surface area contributed by atoms with E-state index in [9.17, 15) is 4.79 Å². The van der Waals surface area contributed by atoms with Crippen LogP contribution in [0.1, 0.15) is 36.9 Å². The van der Waals surface area contributed by atoms with Gasteiger partial charge in [-0.3, -0.25) is 4.79 Å². The predicted molar refractivity (Wildman–Crippen MR) is 104 cm³/mol. The lowest BCUT2D eigenvalue weighted by Gasteiger charge is -2.20. The van der Waals surface area contributed by atoms with Crippen LogP contribution in [0.3, 0.4) is 0 Å². The third-order valence-corrected chi connectivity index (χ3v) is 3.79. The molecule has 2 N–H and O–H groups in total. The molecule has 2 aromatic carbocycles. The first-order chi connectivity index (χ1) is 11.7. The number of amides is 1. The van der Waals surface area contributed by atoms with Crippen LogP contribution in [-0.2, 0) is 4.79 Å². The van der Waals surface area contributed by atoms with Crippen molar-refractivity contribution >= 4 is 18.3 Å². The molecular formula is C20H27ClN2O2. The zero-order valence-corrected chi connectivity index (χ0v) is 15.6. The van der Waals surface area contributed by atoms with Crippen molar-refractivity contribution in [3.05, 3.63) is 65.7 Å². The van der Waals surface area contributed by atoms with E-state index in [4.69, 9.17) is 4.74 Å². The van der Waals surface area contributed by atoms with Gasteiger partial charge in [-0.2, -0.15) is 0 Å². The number of hydrogen-bond donors (Lipinski definition) is 2. The van der Waals surface area contributed by atoms with Crippen molar-refractivity contribution in [2.45, 2.75) is 25.8 Å². The molecular weight excluding hydrogens is 336 g/mol. The van der Waals surface area contributed by atoms with Crippen molar-refractivity contribution < 1.29 is 9.53 Å². The fourth-order valence-electron chi connectivity index (χ4n) is 2.59. The maximum atomic E-state index is 12.3. The average molecular weight is 363 g/mol. The van der Waals surface area contributed by atoms with Crippen LogP contribution in [0.4, 0.5) is 0 Å². The van der Waals surface area contributed by atoms with Gasteiger partial charge < -0.3 is 15.4 Å². The Balaban J connectivity index is 0.00000312. The number of hydrogen-bond acceptors (Lipinski definition) is 3. The highest BCUT2D eigenvalue weighted by atomic mass is 35.5. The van der Waals surface area contributed by atoms with Crippen molar-refractivity contribution in [1.82, 2.24) is 10.6 Å². The first-order valence-electron chi connectivity index (χ1n) is 8.46. The summed E-state index contributed by atoms with van der Waals surface area (Å²) in [6.45, 7) is 3.45. The van der Waals surface area contributed by atoms with Crippen LogP contribution in [0.15, 0.2) is 54.6 Å². The second-order valence-corrected chi connectivity index (χ2v) is 5.62. The zero-order valence-electron chi connectivity index (χ0n) is 14.8. The smallest absolute Gasteiger partial charge is 0.220 e. The molecule has 0 fully saturated rings. The van der Waals surface area contributed by atoms with E-state index in [1.807, 2.05) is 68.6 Å². The first kappa shape index (κ1) is 21.0. The summed E-state index contributed by atoms with van der Waals surface area (Å²) in [5, 5.41) is 6.22. The van der Waals surface area contributed by atoms with Gasteiger partial charge in [-0.1, -0.05) is 42.5 Å². The van der Waals surface area contributed by atoms with Crippen LogP contribution in [-0.4, -0.2) is 26.1 Å². The molecule has 0 aliphatic heterocycles. The summed E-state index contributed by atoms with van der Waals surface area (Å²) in [6.07, 6.45) is 1.34. The van der Waals surface area contributed by atoms with Gasteiger partial charge in [0, 0.05) is 6.42 Å². The number of nitrogens with one attached hydrogen (secondary N) is 2. The molecule has 0 bridgehead atoms. The Morgan fingerprint density at radius 2 is 1.68 bits per heavy atom. The number of benzene rings is 2. The molecule has 0 radical (unpaired) electrons. The minimum Gasteiger partial charge on any atom is -0.494 e. The van der Waals surface area contributed by atoms with Gasteiger partial charge in [0.25, 0.3) is 0 Å². The summed E-state index contributed by atoms with van der Waals surface area (Å²) in [7, 11) is 1.89. The predicted octanol–water partition coefficient (Wildman–Crippen LogP) is 3.71. The van der Waals surface area contributed by atoms with E-state index >= 15 is 0 Å². The molecule has 1 unspecified atom stereocenters. The Kier molecular flexibility index (Phi) is 9.66. The van der Waals surface area contributed by atoms with Crippen LogP contribution < -0.4 is 15.4 Å². The highest BCUT2D eigenvalue weighted by molar-refractivity contribution is 5.85. The molecule has 0 saturated heterocycles. The van der Waals surface area contributed by atoms with Crippen molar-refractivity contribution in [2.75, 3.05) is 20.2 Å². The molecule has 0 heterocycles. The van der Waals surface area contributed by atoms with Crippen LogP contribution >= 0.6 is 12.4 Å². The van der Waals surface area contributed by atoms with Gasteiger partial charge in [0.15, 0.2) is 0 Å². The average Bonchev–Trinajstić information content (AvgIpc) is 2.62. The zero-order chi connectivity index (χ0) is 17.2. The molecule has 0 aliphatic rings. The van der Waals surface area contributed by atoms with Gasteiger partial charge in [0.1, 0.15) is 5.75 Å². The van der Waals surface area contributed by atoms with Crippen LogP contribution in [0.2, 0.25) is 0 Å². The van der Waals surface area contributed by atoms with E-state index in [1.165, 1.54) is 0 Å². The molecule has 25 heavy (non-hydrogen) atoms. The lowest BCUT2D eigenvalue weighted by atomic mass is 9.98. The van der Waals surface area contributed by atoms with Gasteiger partial charge >= 0.3 is 0 Å². The topological polar surface area (TPSA) is 50.4 Å². The van der Waals surface area contributed by atoms with E-state index in [1.54, 1.807) is 0 Å². The molecule has 5 heteroatoms. The standard InChI is InChI=1S/C20H26N2O2.ClH/c1-3-24-18-13-11-17(12-14-18)20(16-8-5-4-6-9-16)22-19(23)10-7-15-21-2;/h4-6,8-9,11-14,20-21H,3,7,10,15H2,1-2H3,(H,22,23);1H. The van der Waals surface area contributed by atoms with Gasteiger partial charge in [-0.05, 0) is 50.2 Å². The van der Waals surface area contributed by atoms with Gasteiger partial charge in [-0.15, -0.1) is 12.4 Å². The molecule has 2 rings (SSSR count). The summed E-state index contributed by atoms with van der Waals surface area (Å²) < 4.78 is 5.50. The van der Waals surface area contributed by atoms with Crippen LogP contribution in [0.25, 0.3) is 0 Å². The van der Waals surface area contributed by atoms with E-state index in [0.717, 1.165) is 29.8 Å². The quantitative estimate of drug-likeness (QED) is 0.668. The molecule has 2 aromatic rings. The summed E-state index contributed by atoms with van der Waals surface area (Å²) in [6, 6.07) is 17.8. The molecule has 136 valence electrons. The molecule has 1 amide bonds. The van der Waals surface area contributed by atoms with E-state index in [0.29, 0.717) is 13.0 Å². The van der Waals surface area contributed by atoms with Crippen molar-refractivity contribution in [3.8, 4) is 5.75 Å². The fourth-order valence-corrected chi connectivity index (χ4v) is 2.59. The Labute approximate surface area is 156 Å². The molecule has 0 saturated carbocycles. The van der Waals surface area contributed by atoms with Gasteiger partial charge in [0.2, 0.25) is 5.91 Å². The lowest BCUT2D eigenvalue weighted by molar-refractivity contribution is -0.121. The highest BCUT2D eigenvalue weighted by Gasteiger charge is 2.16. The Morgan fingerprint density at radius 3 is 2.28 bits per heavy atom. The molecule has 4 nitrogen and oxygen atoms in total. The lowest BCUT2D eigenvalue weighted by Crippen LogP contribution is -2.29. The fraction of sp³-hybridized carbons (Fsp3) is 0.350. The number of ether oxygens (including phenoxy) is 1. The summed E-state index contributed by atoms with van der Waals surface area (Å²) in [5.41, 5.74) is 2.12. The van der Waals surface area contributed by atoms with Crippen LogP contribution in [0, 0.1) is 0 Å². The van der Waals surface area contributed by atoms with Crippen molar-refractivity contribution in [1.29, 1.82) is 0 Å². The number of rotatable bonds is 9. The maximum absolute atomic E-state index is 12.3. The Bertz CT molecular complexity index is 617. The second-order valence-electron chi connectivity index (χ2n) is 5.62. The largest absolute Gasteiger partial charge is 0.494 e. The summed E-state index contributed by atoms with van der Waals surface area (Å²) in [5.74, 6) is 0.904. The summed E-state index contributed by atoms with van der Waals surface area (Å²) >= 11 is 0. The monoisotopic (exact) mass is 362 g/mol. The molecule has 1 atom stereocenters. The van der Waals surface area contributed by atoms with E-state index < -0.39 is 0 Å². The molecule has 0 aromatic heterocycles. The SMILES string of the molecule is CCOc1ccc(C(NC(=O)CCCNC)c2ccccc2)cc1.Cl. The third kappa shape index (κ3) is 6.77. The third-order valence-electron chi connectivity index (χ3n) is 3.79. The molecule has 0 aliphatic carbocycles. The Hall–Kier alpha value is -2.04. The van der Waals surface area contributed by atoms with Crippen LogP contribution in [0.5, 0.6) is 5.75 Å². The van der Waals surface area contributed by atoms with Crippen molar-refractivity contribution in [2.24, 2.45) is 0 Å². The van der Waals surface area contributed by atoms with Gasteiger partial charge in [-0.25, -0.2) is 0 Å². The second kappa shape index (κ2) is 11.5. The number of carbonyl (C=O) groups is 1. The molecule has 0 spiro atoms. The number of halogens is 1. The maximum Gasteiger partial charge on any atom is 0.220 e. The highest BCUT2D eigenvalue weighted by Crippen LogP contribution is 2.24. The van der Waals surface area contributed by atoms with E-state index in [2.05, 4.69) is 10.6 Å². The minimum absolute atomic E-state index is 0. The Morgan fingerprint density at radius 1 is 1.04 bits per heavy atom. The van der Waals surface area contributed by atoms with Crippen molar-refractivity contribution in [3.63, 3.8) is 0 Å².